The lowest BCUT2D eigenvalue weighted by molar-refractivity contribution is -0.147. The second-order valence-electron chi connectivity index (χ2n) is 4.38. The van der Waals surface area contributed by atoms with Crippen LogP contribution in [0.25, 0.3) is 0 Å². The molecule has 4 heteroatoms. The maximum absolute atomic E-state index is 11.3. The molecule has 1 fully saturated rings. The van der Waals surface area contributed by atoms with Gasteiger partial charge in [0.25, 0.3) is 0 Å². The molecule has 0 aromatic heterocycles. The van der Waals surface area contributed by atoms with E-state index in [0.29, 0.717) is 13.2 Å². The maximum Gasteiger partial charge on any atom is 0.309 e. The molecule has 0 saturated heterocycles. The van der Waals surface area contributed by atoms with Crippen LogP contribution in [0.4, 0.5) is 0 Å². The van der Waals surface area contributed by atoms with Gasteiger partial charge < -0.3 is 14.8 Å². The van der Waals surface area contributed by atoms with Gasteiger partial charge in [-0.15, -0.1) is 0 Å². The molecule has 0 aromatic rings. The van der Waals surface area contributed by atoms with E-state index in [1.807, 2.05) is 13.8 Å². The van der Waals surface area contributed by atoms with Gasteiger partial charge in [-0.1, -0.05) is 6.92 Å². The number of hydrogen-bond acceptors (Lipinski definition) is 4. The summed E-state index contributed by atoms with van der Waals surface area (Å²) in [5.74, 6) is 0.607. The average molecular weight is 229 g/mol. The van der Waals surface area contributed by atoms with Gasteiger partial charge in [0.15, 0.2) is 0 Å². The fourth-order valence-corrected chi connectivity index (χ4v) is 1.37. The molecule has 0 radical (unpaired) electrons. The molecule has 94 valence electrons. The summed E-state index contributed by atoms with van der Waals surface area (Å²) in [6.45, 7) is 7.23. The second kappa shape index (κ2) is 7.63. The Labute approximate surface area is 97.7 Å². The summed E-state index contributed by atoms with van der Waals surface area (Å²) in [7, 11) is 0. The number of esters is 1. The zero-order chi connectivity index (χ0) is 11.8. The highest BCUT2D eigenvalue weighted by atomic mass is 16.5. The molecule has 0 amide bonds. The Morgan fingerprint density at radius 2 is 2.25 bits per heavy atom. The smallest absolute Gasteiger partial charge is 0.309 e. The number of carbonyl (C=O) groups excluding carboxylic acids is 1. The number of hydrogen-bond donors (Lipinski definition) is 1. The first-order valence-corrected chi connectivity index (χ1v) is 6.19. The van der Waals surface area contributed by atoms with Gasteiger partial charge in [-0.3, -0.25) is 4.79 Å². The quantitative estimate of drug-likeness (QED) is 0.477. The lowest BCUT2D eigenvalue weighted by Gasteiger charge is -2.11. The Bertz CT molecular complexity index is 204. The van der Waals surface area contributed by atoms with Crippen molar-refractivity contribution in [2.45, 2.75) is 26.7 Å². The molecule has 0 bridgehead atoms. The molecule has 1 aliphatic rings. The molecular weight excluding hydrogens is 206 g/mol. The molecule has 16 heavy (non-hydrogen) atoms. The van der Waals surface area contributed by atoms with Gasteiger partial charge in [0, 0.05) is 19.7 Å². The van der Waals surface area contributed by atoms with Crippen molar-refractivity contribution in [2.24, 2.45) is 11.8 Å². The minimum Gasteiger partial charge on any atom is -0.466 e. The van der Waals surface area contributed by atoms with Crippen molar-refractivity contribution in [3.63, 3.8) is 0 Å². The van der Waals surface area contributed by atoms with Crippen molar-refractivity contribution < 1.29 is 14.3 Å². The zero-order valence-corrected chi connectivity index (χ0v) is 10.3. The van der Waals surface area contributed by atoms with E-state index in [0.717, 1.165) is 25.7 Å². The molecule has 0 spiro atoms. The van der Waals surface area contributed by atoms with Crippen molar-refractivity contribution in [2.75, 3.05) is 32.9 Å². The summed E-state index contributed by atoms with van der Waals surface area (Å²) < 4.78 is 10.4. The molecule has 1 N–H and O–H groups in total. The van der Waals surface area contributed by atoms with Gasteiger partial charge in [0.2, 0.25) is 0 Å². The van der Waals surface area contributed by atoms with Gasteiger partial charge in [-0.2, -0.15) is 0 Å². The lowest BCUT2D eigenvalue weighted by Crippen LogP contribution is -2.30. The summed E-state index contributed by atoms with van der Waals surface area (Å²) in [5, 5.41) is 3.19. The molecule has 4 nitrogen and oxygen atoms in total. The first-order chi connectivity index (χ1) is 7.74. The van der Waals surface area contributed by atoms with Crippen LogP contribution in [0.15, 0.2) is 0 Å². The Hall–Kier alpha value is -0.610. The van der Waals surface area contributed by atoms with E-state index >= 15 is 0 Å². The Morgan fingerprint density at radius 1 is 1.50 bits per heavy atom. The van der Waals surface area contributed by atoms with E-state index in [4.69, 9.17) is 9.47 Å². The maximum atomic E-state index is 11.3. The van der Waals surface area contributed by atoms with Crippen LogP contribution in [0.3, 0.4) is 0 Å². The summed E-state index contributed by atoms with van der Waals surface area (Å²) in [6, 6.07) is 0. The molecule has 0 heterocycles. The molecule has 1 atom stereocenters. The average Bonchev–Trinajstić information content (AvgIpc) is 3.07. The predicted molar refractivity (Wildman–Crippen MR) is 62.2 cm³/mol. The minimum atomic E-state index is -0.131. The SMILES string of the molecule is CCOC(=O)C(C)CNCCOCC1CC1. The van der Waals surface area contributed by atoms with Crippen LogP contribution in [0.1, 0.15) is 26.7 Å². The van der Waals surface area contributed by atoms with Gasteiger partial charge in [-0.25, -0.2) is 0 Å². The third kappa shape index (κ3) is 6.08. The van der Waals surface area contributed by atoms with E-state index in [1.54, 1.807) is 0 Å². The number of ether oxygens (including phenoxy) is 2. The highest BCUT2D eigenvalue weighted by Crippen LogP contribution is 2.28. The molecular formula is C12H23NO3. The zero-order valence-electron chi connectivity index (χ0n) is 10.3. The van der Waals surface area contributed by atoms with E-state index in [1.165, 1.54) is 12.8 Å². The largest absolute Gasteiger partial charge is 0.466 e. The van der Waals surface area contributed by atoms with Crippen molar-refractivity contribution in [1.82, 2.24) is 5.32 Å². The van der Waals surface area contributed by atoms with Crippen molar-refractivity contribution in [1.29, 1.82) is 0 Å². The Kier molecular flexibility index (Phi) is 6.42. The second-order valence-corrected chi connectivity index (χ2v) is 4.38. The highest BCUT2D eigenvalue weighted by molar-refractivity contribution is 5.72. The van der Waals surface area contributed by atoms with Crippen molar-refractivity contribution >= 4 is 5.97 Å². The minimum absolute atomic E-state index is 0.0802. The van der Waals surface area contributed by atoms with E-state index in [2.05, 4.69) is 5.32 Å². The third-order valence-corrected chi connectivity index (χ3v) is 2.61. The highest BCUT2D eigenvalue weighted by Gasteiger charge is 2.20. The van der Waals surface area contributed by atoms with Crippen molar-refractivity contribution in [3.8, 4) is 0 Å². The van der Waals surface area contributed by atoms with Gasteiger partial charge in [0.05, 0.1) is 19.1 Å². The standard InChI is InChI=1S/C12H23NO3/c1-3-16-12(14)10(2)8-13-6-7-15-9-11-4-5-11/h10-11,13H,3-9H2,1-2H3. The van der Waals surface area contributed by atoms with Crippen LogP contribution in [0.5, 0.6) is 0 Å². The Morgan fingerprint density at radius 3 is 2.88 bits per heavy atom. The molecule has 0 aliphatic heterocycles. The van der Waals surface area contributed by atoms with Crippen LogP contribution in [0, 0.1) is 11.8 Å². The molecule has 1 rings (SSSR count). The number of nitrogens with one attached hydrogen (secondary N) is 1. The van der Waals surface area contributed by atoms with Gasteiger partial charge >= 0.3 is 5.97 Å². The monoisotopic (exact) mass is 229 g/mol. The van der Waals surface area contributed by atoms with Crippen LogP contribution in [0.2, 0.25) is 0 Å². The summed E-state index contributed by atoms with van der Waals surface area (Å²) >= 11 is 0. The van der Waals surface area contributed by atoms with Crippen LogP contribution in [-0.2, 0) is 14.3 Å². The van der Waals surface area contributed by atoms with Crippen molar-refractivity contribution in [3.05, 3.63) is 0 Å². The molecule has 0 aromatic carbocycles. The van der Waals surface area contributed by atoms with Crippen LogP contribution < -0.4 is 5.32 Å². The van der Waals surface area contributed by atoms with E-state index in [-0.39, 0.29) is 11.9 Å². The Balaban J connectivity index is 1.86. The molecule has 1 unspecified atom stereocenters. The predicted octanol–water partition coefficient (Wildman–Crippen LogP) is 1.20. The van der Waals surface area contributed by atoms with E-state index in [9.17, 15) is 4.79 Å². The summed E-state index contributed by atoms with van der Waals surface area (Å²) in [5.41, 5.74) is 0. The normalized spacial score (nSPS) is 17.1. The van der Waals surface area contributed by atoms with Crippen LogP contribution in [-0.4, -0.2) is 38.9 Å². The number of rotatable bonds is 9. The topological polar surface area (TPSA) is 47.6 Å². The summed E-state index contributed by atoms with van der Waals surface area (Å²) in [4.78, 5) is 11.3. The fraction of sp³-hybridized carbons (Fsp3) is 0.917. The third-order valence-electron chi connectivity index (χ3n) is 2.61. The van der Waals surface area contributed by atoms with Crippen LogP contribution >= 0.6 is 0 Å². The molecule has 1 saturated carbocycles. The summed E-state index contributed by atoms with van der Waals surface area (Å²) in [6.07, 6.45) is 2.65. The molecule has 1 aliphatic carbocycles. The fourth-order valence-electron chi connectivity index (χ4n) is 1.37. The lowest BCUT2D eigenvalue weighted by atomic mass is 10.2. The van der Waals surface area contributed by atoms with E-state index < -0.39 is 0 Å². The number of carbonyl (C=O) groups is 1. The van der Waals surface area contributed by atoms with Gasteiger partial charge in [-0.05, 0) is 25.7 Å². The first kappa shape index (κ1) is 13.5. The van der Waals surface area contributed by atoms with Gasteiger partial charge in [0.1, 0.15) is 0 Å². The first-order valence-electron chi connectivity index (χ1n) is 6.19.